The van der Waals surface area contributed by atoms with Crippen LogP contribution in [0.25, 0.3) is 0 Å². The van der Waals surface area contributed by atoms with E-state index in [2.05, 4.69) is 26.1 Å². The van der Waals surface area contributed by atoms with Gasteiger partial charge in [-0.05, 0) is 32.1 Å². The van der Waals surface area contributed by atoms with Crippen molar-refractivity contribution in [3.8, 4) is 0 Å². The lowest BCUT2D eigenvalue weighted by atomic mass is 9.88. The Morgan fingerprint density at radius 1 is 1.37 bits per heavy atom. The third-order valence-corrected chi connectivity index (χ3v) is 4.13. The van der Waals surface area contributed by atoms with Crippen molar-refractivity contribution < 1.29 is 14.3 Å². The number of nitrogens with zero attached hydrogens (tertiary/aromatic N) is 1. The predicted octanol–water partition coefficient (Wildman–Crippen LogP) is 0.929. The van der Waals surface area contributed by atoms with Crippen LogP contribution in [0.1, 0.15) is 40.0 Å². The predicted molar refractivity (Wildman–Crippen MR) is 71.6 cm³/mol. The summed E-state index contributed by atoms with van der Waals surface area (Å²) in [5.74, 6) is 0.410. The Balaban J connectivity index is 2.14. The Morgan fingerprint density at radius 2 is 2.00 bits per heavy atom. The fourth-order valence-corrected chi connectivity index (χ4v) is 2.88. The monoisotopic (exact) mass is 268 g/mol. The highest BCUT2D eigenvalue weighted by Crippen LogP contribution is 2.29. The third kappa shape index (κ3) is 3.08. The van der Waals surface area contributed by atoms with Crippen LogP contribution in [0.2, 0.25) is 0 Å². The number of piperazine rings is 1. The van der Waals surface area contributed by atoms with E-state index in [4.69, 9.17) is 4.74 Å². The van der Waals surface area contributed by atoms with Gasteiger partial charge >= 0.3 is 0 Å². The summed E-state index contributed by atoms with van der Waals surface area (Å²) in [6.45, 7) is 7.71. The fourth-order valence-electron chi connectivity index (χ4n) is 2.88. The molecule has 0 aromatic rings. The molecule has 2 aliphatic rings. The van der Waals surface area contributed by atoms with Crippen LogP contribution in [0.15, 0.2) is 0 Å². The van der Waals surface area contributed by atoms with Crippen molar-refractivity contribution in [3.63, 3.8) is 0 Å². The number of rotatable bonds is 3. The van der Waals surface area contributed by atoms with E-state index in [-0.39, 0.29) is 29.9 Å². The summed E-state index contributed by atoms with van der Waals surface area (Å²) < 4.78 is 5.37. The fraction of sp³-hybridized carbons (Fsp3) is 0.857. The van der Waals surface area contributed by atoms with E-state index in [1.165, 1.54) is 0 Å². The van der Waals surface area contributed by atoms with Gasteiger partial charge in [-0.2, -0.15) is 0 Å². The maximum Gasteiger partial charge on any atom is 0.246 e. The van der Waals surface area contributed by atoms with Crippen molar-refractivity contribution in [1.82, 2.24) is 10.2 Å². The second kappa shape index (κ2) is 5.49. The third-order valence-electron chi connectivity index (χ3n) is 4.13. The van der Waals surface area contributed by atoms with Crippen LogP contribution in [-0.2, 0) is 14.3 Å². The van der Waals surface area contributed by atoms with Gasteiger partial charge in [0.2, 0.25) is 11.8 Å². The van der Waals surface area contributed by atoms with Gasteiger partial charge in [0.05, 0.1) is 0 Å². The first-order valence-corrected chi connectivity index (χ1v) is 7.11. The second-order valence-corrected chi connectivity index (χ2v) is 6.28. The van der Waals surface area contributed by atoms with Gasteiger partial charge in [0.1, 0.15) is 12.6 Å². The van der Waals surface area contributed by atoms with Crippen LogP contribution in [-0.4, -0.2) is 48.1 Å². The summed E-state index contributed by atoms with van der Waals surface area (Å²) in [6, 6.07) is -0.360. The van der Waals surface area contributed by atoms with E-state index in [1.807, 2.05) is 0 Å². The number of carbonyl (C=O) groups excluding carboxylic acids is 2. The zero-order valence-electron chi connectivity index (χ0n) is 12.1. The molecule has 0 radical (unpaired) electrons. The molecule has 1 unspecified atom stereocenters. The lowest BCUT2D eigenvalue weighted by Gasteiger charge is -2.47. The quantitative estimate of drug-likeness (QED) is 0.828. The van der Waals surface area contributed by atoms with Gasteiger partial charge in [-0.15, -0.1) is 0 Å². The van der Waals surface area contributed by atoms with Gasteiger partial charge in [-0.3, -0.25) is 9.59 Å². The van der Waals surface area contributed by atoms with Gasteiger partial charge in [0.25, 0.3) is 0 Å². The van der Waals surface area contributed by atoms with E-state index in [9.17, 15) is 9.59 Å². The van der Waals surface area contributed by atoms with Crippen LogP contribution in [0.4, 0.5) is 0 Å². The highest BCUT2D eigenvalue weighted by atomic mass is 16.5. The average Bonchev–Trinajstić information content (AvgIpc) is 2.33. The Bertz CT molecular complexity index is 362. The SMILES string of the molecule is CC(C)CC1NC(=O)CN(C2(C)CCOCC2)C1=O. The summed E-state index contributed by atoms with van der Waals surface area (Å²) >= 11 is 0. The molecule has 2 aliphatic heterocycles. The molecule has 2 amide bonds. The number of carbonyl (C=O) groups is 2. The van der Waals surface area contributed by atoms with Crippen molar-refractivity contribution in [1.29, 1.82) is 0 Å². The Labute approximate surface area is 114 Å². The Kier molecular flexibility index (Phi) is 4.13. The second-order valence-electron chi connectivity index (χ2n) is 6.28. The molecule has 1 N–H and O–H groups in total. The zero-order valence-corrected chi connectivity index (χ0v) is 12.1. The number of nitrogens with one attached hydrogen (secondary N) is 1. The Hall–Kier alpha value is -1.10. The van der Waals surface area contributed by atoms with Gasteiger partial charge in [0, 0.05) is 18.8 Å². The number of hydrogen-bond acceptors (Lipinski definition) is 3. The molecule has 0 bridgehead atoms. The van der Waals surface area contributed by atoms with Crippen LogP contribution in [0.3, 0.4) is 0 Å². The smallest absolute Gasteiger partial charge is 0.246 e. The van der Waals surface area contributed by atoms with E-state index in [0.29, 0.717) is 25.6 Å². The van der Waals surface area contributed by atoms with E-state index in [1.54, 1.807) is 4.90 Å². The largest absolute Gasteiger partial charge is 0.381 e. The first-order chi connectivity index (χ1) is 8.92. The molecular weight excluding hydrogens is 244 g/mol. The van der Waals surface area contributed by atoms with Gasteiger partial charge < -0.3 is 15.0 Å². The van der Waals surface area contributed by atoms with E-state index < -0.39 is 0 Å². The van der Waals surface area contributed by atoms with Gasteiger partial charge in [-0.25, -0.2) is 0 Å². The summed E-state index contributed by atoms with van der Waals surface area (Å²) in [5.41, 5.74) is -0.234. The molecule has 2 rings (SSSR count). The molecule has 2 heterocycles. The van der Waals surface area contributed by atoms with Crippen molar-refractivity contribution in [3.05, 3.63) is 0 Å². The highest BCUT2D eigenvalue weighted by molar-refractivity contribution is 5.95. The van der Waals surface area contributed by atoms with Gasteiger partial charge in [0.15, 0.2) is 0 Å². The molecule has 5 heteroatoms. The van der Waals surface area contributed by atoms with Crippen molar-refractivity contribution in [2.24, 2.45) is 5.92 Å². The summed E-state index contributed by atoms with van der Waals surface area (Å²) in [4.78, 5) is 26.2. The van der Waals surface area contributed by atoms with E-state index in [0.717, 1.165) is 12.8 Å². The van der Waals surface area contributed by atoms with Crippen molar-refractivity contribution >= 4 is 11.8 Å². The minimum atomic E-state index is -0.360. The number of hydrogen-bond donors (Lipinski definition) is 1. The maximum absolute atomic E-state index is 12.6. The first kappa shape index (κ1) is 14.3. The Morgan fingerprint density at radius 3 is 2.58 bits per heavy atom. The van der Waals surface area contributed by atoms with Crippen LogP contribution in [0.5, 0.6) is 0 Å². The summed E-state index contributed by atoms with van der Waals surface area (Å²) in [5, 5.41) is 2.82. The average molecular weight is 268 g/mol. The topological polar surface area (TPSA) is 58.6 Å². The van der Waals surface area contributed by atoms with Crippen LogP contribution < -0.4 is 5.32 Å². The molecule has 0 aromatic heterocycles. The standard InChI is InChI=1S/C14H24N2O3/c1-10(2)8-11-13(18)16(9-12(17)15-11)14(3)4-6-19-7-5-14/h10-11H,4-9H2,1-3H3,(H,15,17). The molecule has 108 valence electrons. The molecule has 1 atom stereocenters. The lowest BCUT2D eigenvalue weighted by Crippen LogP contribution is -2.65. The van der Waals surface area contributed by atoms with Crippen molar-refractivity contribution in [2.75, 3.05) is 19.8 Å². The summed E-state index contributed by atoms with van der Waals surface area (Å²) in [6.07, 6.45) is 2.31. The van der Waals surface area contributed by atoms with E-state index >= 15 is 0 Å². The summed E-state index contributed by atoms with van der Waals surface area (Å²) in [7, 11) is 0. The zero-order chi connectivity index (χ0) is 14.0. The molecule has 0 aromatic carbocycles. The minimum Gasteiger partial charge on any atom is -0.381 e. The molecule has 5 nitrogen and oxygen atoms in total. The highest BCUT2D eigenvalue weighted by Gasteiger charge is 2.43. The molecular formula is C14H24N2O3. The van der Waals surface area contributed by atoms with Crippen LogP contribution in [0, 0.1) is 5.92 Å². The number of ether oxygens (including phenoxy) is 1. The van der Waals surface area contributed by atoms with Crippen LogP contribution >= 0.6 is 0 Å². The molecule has 2 fully saturated rings. The maximum atomic E-state index is 12.6. The van der Waals surface area contributed by atoms with Crippen molar-refractivity contribution in [2.45, 2.75) is 51.6 Å². The molecule has 0 saturated carbocycles. The minimum absolute atomic E-state index is 0.0435. The number of amides is 2. The van der Waals surface area contributed by atoms with Gasteiger partial charge in [-0.1, -0.05) is 13.8 Å². The molecule has 19 heavy (non-hydrogen) atoms. The normalized spacial score (nSPS) is 27.6. The molecule has 0 aliphatic carbocycles. The first-order valence-electron chi connectivity index (χ1n) is 7.11. The molecule has 2 saturated heterocycles. The molecule has 0 spiro atoms. The lowest BCUT2D eigenvalue weighted by molar-refractivity contribution is -0.154.